The molecule has 0 spiro atoms. The largest absolute Gasteiger partial charge is 0.462 e. The van der Waals surface area contributed by atoms with Crippen molar-refractivity contribution in [3.8, 4) is 0 Å². The second kappa shape index (κ2) is 8.44. The van der Waals surface area contributed by atoms with Gasteiger partial charge >= 0.3 is 11.9 Å². The number of carbonyl (C=O) groups excluding carboxylic acids is 2. The standard InChI is InChI=1S/C11H20N2O6/c1-6(9(12)4-13-17)11(16)10(19-8(3)15)5-18-7(2)14/h4,6,9-11,16-17H,5,12H2,1-3H3/b13-4+/t6?,9?,10?,11-/m0/s1. The van der Waals surface area contributed by atoms with E-state index in [2.05, 4.69) is 5.16 Å². The van der Waals surface area contributed by atoms with Gasteiger partial charge in [-0.2, -0.15) is 0 Å². The number of rotatable bonds is 7. The van der Waals surface area contributed by atoms with Gasteiger partial charge in [0.25, 0.3) is 0 Å². The Kier molecular flexibility index (Phi) is 7.69. The monoisotopic (exact) mass is 276 g/mol. The fourth-order valence-corrected chi connectivity index (χ4v) is 1.39. The number of aliphatic hydroxyl groups excluding tert-OH is 1. The third-order valence-electron chi connectivity index (χ3n) is 2.53. The molecule has 8 nitrogen and oxygen atoms in total. The molecule has 0 aromatic heterocycles. The number of esters is 2. The fraction of sp³-hybridized carbons (Fsp3) is 0.727. The lowest BCUT2D eigenvalue weighted by molar-refractivity contribution is -0.165. The molecule has 3 unspecified atom stereocenters. The van der Waals surface area contributed by atoms with Gasteiger partial charge in [-0.1, -0.05) is 6.92 Å². The summed E-state index contributed by atoms with van der Waals surface area (Å²) < 4.78 is 9.60. The summed E-state index contributed by atoms with van der Waals surface area (Å²) in [6, 6.07) is -0.740. The predicted molar refractivity (Wildman–Crippen MR) is 65.6 cm³/mol. The zero-order chi connectivity index (χ0) is 15.0. The average molecular weight is 276 g/mol. The average Bonchev–Trinajstić information content (AvgIpc) is 2.32. The molecule has 0 rings (SSSR count). The Labute approximate surface area is 111 Å². The summed E-state index contributed by atoms with van der Waals surface area (Å²) in [7, 11) is 0. The number of aliphatic hydroxyl groups is 1. The van der Waals surface area contributed by atoms with Gasteiger partial charge in [0.15, 0.2) is 6.10 Å². The molecule has 0 radical (unpaired) electrons. The molecule has 4 N–H and O–H groups in total. The molecule has 0 aliphatic rings. The normalized spacial score (nSPS) is 17.5. The summed E-state index contributed by atoms with van der Waals surface area (Å²) >= 11 is 0. The highest BCUT2D eigenvalue weighted by atomic mass is 16.6. The molecule has 0 saturated heterocycles. The van der Waals surface area contributed by atoms with Crippen LogP contribution in [0, 0.1) is 5.92 Å². The second-order valence-electron chi connectivity index (χ2n) is 4.14. The van der Waals surface area contributed by atoms with E-state index >= 15 is 0 Å². The highest BCUT2D eigenvalue weighted by molar-refractivity contribution is 5.67. The number of hydrogen-bond donors (Lipinski definition) is 3. The van der Waals surface area contributed by atoms with E-state index in [-0.39, 0.29) is 6.61 Å². The van der Waals surface area contributed by atoms with Crippen molar-refractivity contribution in [2.75, 3.05) is 6.61 Å². The zero-order valence-corrected chi connectivity index (χ0v) is 11.1. The first-order valence-electron chi connectivity index (χ1n) is 5.71. The Bertz CT molecular complexity index is 333. The van der Waals surface area contributed by atoms with Crippen LogP contribution in [0.2, 0.25) is 0 Å². The van der Waals surface area contributed by atoms with E-state index in [1.165, 1.54) is 13.8 Å². The zero-order valence-electron chi connectivity index (χ0n) is 11.1. The van der Waals surface area contributed by atoms with Crippen molar-refractivity contribution >= 4 is 18.2 Å². The number of hydrogen-bond acceptors (Lipinski definition) is 8. The van der Waals surface area contributed by atoms with Gasteiger partial charge in [0.05, 0.1) is 12.3 Å². The number of carbonyl (C=O) groups is 2. The van der Waals surface area contributed by atoms with E-state index in [1.54, 1.807) is 6.92 Å². The molecule has 0 aliphatic carbocycles. The molecule has 8 heteroatoms. The van der Waals surface area contributed by atoms with Crippen LogP contribution in [0.5, 0.6) is 0 Å². The number of ether oxygens (including phenoxy) is 2. The van der Waals surface area contributed by atoms with Crippen molar-refractivity contribution in [1.29, 1.82) is 0 Å². The molecule has 0 aromatic carbocycles. The van der Waals surface area contributed by atoms with E-state index in [9.17, 15) is 14.7 Å². The molecular weight excluding hydrogens is 256 g/mol. The first kappa shape index (κ1) is 17.3. The van der Waals surface area contributed by atoms with Gasteiger partial charge in [0, 0.05) is 25.8 Å². The first-order valence-corrected chi connectivity index (χ1v) is 5.71. The molecular formula is C11H20N2O6. The van der Waals surface area contributed by atoms with Gasteiger partial charge in [0.2, 0.25) is 0 Å². The minimum absolute atomic E-state index is 0.274. The van der Waals surface area contributed by atoms with E-state index < -0.39 is 36.1 Å². The highest BCUT2D eigenvalue weighted by Gasteiger charge is 2.31. The minimum atomic E-state index is -1.17. The van der Waals surface area contributed by atoms with E-state index in [0.29, 0.717) is 0 Å². The van der Waals surface area contributed by atoms with Crippen LogP contribution in [0.15, 0.2) is 5.16 Å². The van der Waals surface area contributed by atoms with Crippen LogP contribution < -0.4 is 5.73 Å². The van der Waals surface area contributed by atoms with E-state index in [0.717, 1.165) is 6.21 Å². The summed E-state index contributed by atoms with van der Waals surface area (Å²) in [4.78, 5) is 21.7. The number of nitrogens with zero attached hydrogens (tertiary/aromatic N) is 1. The Hall–Kier alpha value is -1.67. The lowest BCUT2D eigenvalue weighted by atomic mass is 9.93. The number of oxime groups is 1. The van der Waals surface area contributed by atoms with Crippen molar-refractivity contribution in [3.05, 3.63) is 0 Å². The van der Waals surface area contributed by atoms with Crippen LogP contribution >= 0.6 is 0 Å². The van der Waals surface area contributed by atoms with Gasteiger partial charge in [-0.25, -0.2) is 0 Å². The third kappa shape index (κ3) is 6.73. The molecule has 0 saturated carbocycles. The molecule has 0 aliphatic heterocycles. The Morgan fingerprint density at radius 2 is 1.95 bits per heavy atom. The maximum Gasteiger partial charge on any atom is 0.303 e. The highest BCUT2D eigenvalue weighted by Crippen LogP contribution is 2.14. The molecule has 110 valence electrons. The van der Waals surface area contributed by atoms with Crippen LogP contribution in [0.1, 0.15) is 20.8 Å². The van der Waals surface area contributed by atoms with Gasteiger partial charge < -0.3 is 25.5 Å². The fourth-order valence-electron chi connectivity index (χ4n) is 1.39. The van der Waals surface area contributed by atoms with Crippen molar-refractivity contribution in [3.63, 3.8) is 0 Å². The van der Waals surface area contributed by atoms with Gasteiger partial charge in [0.1, 0.15) is 6.61 Å². The molecule has 4 atom stereocenters. The Morgan fingerprint density at radius 3 is 2.37 bits per heavy atom. The smallest absolute Gasteiger partial charge is 0.303 e. The molecule has 19 heavy (non-hydrogen) atoms. The maximum absolute atomic E-state index is 11.0. The van der Waals surface area contributed by atoms with Gasteiger partial charge in [-0.15, -0.1) is 5.16 Å². The summed E-state index contributed by atoms with van der Waals surface area (Å²) in [5.74, 6) is -1.75. The second-order valence-corrected chi connectivity index (χ2v) is 4.14. The summed E-state index contributed by atoms with van der Waals surface area (Å²) in [6.07, 6.45) is -1.16. The Balaban J connectivity index is 4.71. The van der Waals surface area contributed by atoms with E-state index in [4.69, 9.17) is 20.4 Å². The molecule has 0 aromatic rings. The quantitative estimate of drug-likeness (QED) is 0.241. The van der Waals surface area contributed by atoms with Crippen LogP contribution in [-0.2, 0) is 19.1 Å². The van der Waals surface area contributed by atoms with Crippen molar-refractivity contribution < 1.29 is 29.4 Å². The lowest BCUT2D eigenvalue weighted by Crippen LogP contribution is -2.46. The minimum Gasteiger partial charge on any atom is -0.462 e. The van der Waals surface area contributed by atoms with Crippen LogP contribution in [0.4, 0.5) is 0 Å². The van der Waals surface area contributed by atoms with Crippen LogP contribution in [0.25, 0.3) is 0 Å². The molecule has 0 amide bonds. The SMILES string of the molecule is CC(=O)OCC(OC(C)=O)[C@@H](O)C(C)C(N)/C=N/O. The summed E-state index contributed by atoms with van der Waals surface area (Å²) in [5.41, 5.74) is 5.64. The molecule has 0 bridgehead atoms. The van der Waals surface area contributed by atoms with Crippen LogP contribution in [-0.4, -0.2) is 53.3 Å². The van der Waals surface area contributed by atoms with E-state index in [1.807, 2.05) is 0 Å². The first-order chi connectivity index (χ1) is 8.79. The van der Waals surface area contributed by atoms with Crippen molar-refractivity contribution in [2.24, 2.45) is 16.8 Å². The number of nitrogens with two attached hydrogens (primary N) is 1. The summed E-state index contributed by atoms with van der Waals surface area (Å²) in [5, 5.41) is 21.2. The van der Waals surface area contributed by atoms with Crippen molar-refractivity contribution in [2.45, 2.75) is 39.0 Å². The predicted octanol–water partition coefficient (Wildman–Crippen LogP) is -0.734. The lowest BCUT2D eigenvalue weighted by Gasteiger charge is -2.28. The topological polar surface area (TPSA) is 131 Å². The maximum atomic E-state index is 11.0. The Morgan fingerprint density at radius 1 is 1.37 bits per heavy atom. The molecule has 0 heterocycles. The van der Waals surface area contributed by atoms with Gasteiger partial charge in [-0.05, 0) is 0 Å². The van der Waals surface area contributed by atoms with Crippen LogP contribution in [0.3, 0.4) is 0 Å². The third-order valence-corrected chi connectivity index (χ3v) is 2.53. The molecule has 0 fully saturated rings. The van der Waals surface area contributed by atoms with Crippen molar-refractivity contribution in [1.82, 2.24) is 0 Å². The summed E-state index contributed by atoms with van der Waals surface area (Å²) in [6.45, 7) is 3.68. The van der Waals surface area contributed by atoms with Gasteiger partial charge in [-0.3, -0.25) is 9.59 Å².